The van der Waals surface area contributed by atoms with Crippen LogP contribution >= 0.6 is 23.2 Å². The number of hydrogen-bond acceptors (Lipinski definition) is 2. The Hall–Kier alpha value is -0.770. The molecule has 1 atom stereocenters. The quantitative estimate of drug-likeness (QED) is 0.866. The molecule has 1 aromatic rings. The SMILES string of the molecule is CCCO[C@@H](Cc1ccc(Cl)cc1Cl)C(=O)O. The van der Waals surface area contributed by atoms with Crippen LogP contribution in [-0.4, -0.2) is 23.8 Å². The van der Waals surface area contributed by atoms with Gasteiger partial charge in [-0.15, -0.1) is 0 Å². The number of hydrogen-bond donors (Lipinski definition) is 1. The maximum atomic E-state index is 11.0. The smallest absolute Gasteiger partial charge is 0.333 e. The maximum absolute atomic E-state index is 11.0. The van der Waals surface area contributed by atoms with Crippen LogP contribution in [0.4, 0.5) is 0 Å². The number of halogens is 2. The van der Waals surface area contributed by atoms with Crippen molar-refractivity contribution in [1.82, 2.24) is 0 Å². The first-order chi connectivity index (χ1) is 8.04. The molecule has 94 valence electrons. The third-order valence-corrected chi connectivity index (χ3v) is 2.81. The molecule has 0 aliphatic rings. The Morgan fingerprint density at radius 2 is 2.18 bits per heavy atom. The van der Waals surface area contributed by atoms with Crippen molar-refractivity contribution in [1.29, 1.82) is 0 Å². The average molecular weight is 277 g/mol. The van der Waals surface area contributed by atoms with E-state index in [1.165, 1.54) is 0 Å². The number of carboxylic acid groups (broad SMARTS) is 1. The molecule has 0 saturated heterocycles. The van der Waals surface area contributed by atoms with Crippen LogP contribution in [0, 0.1) is 0 Å². The second-order valence-electron chi connectivity index (χ2n) is 3.64. The van der Waals surface area contributed by atoms with Crippen molar-refractivity contribution in [2.75, 3.05) is 6.61 Å². The van der Waals surface area contributed by atoms with Gasteiger partial charge < -0.3 is 9.84 Å². The number of carboxylic acids is 1. The van der Waals surface area contributed by atoms with Crippen LogP contribution in [0.1, 0.15) is 18.9 Å². The molecule has 1 rings (SSSR count). The predicted octanol–water partition coefficient (Wildman–Crippen LogP) is 3.42. The summed E-state index contributed by atoms with van der Waals surface area (Å²) in [6.45, 7) is 2.34. The van der Waals surface area contributed by atoms with Crippen LogP contribution in [0.5, 0.6) is 0 Å². The lowest BCUT2D eigenvalue weighted by atomic mass is 10.1. The van der Waals surface area contributed by atoms with Gasteiger partial charge in [0.15, 0.2) is 6.10 Å². The molecule has 0 fully saturated rings. The van der Waals surface area contributed by atoms with Gasteiger partial charge in [-0.05, 0) is 24.1 Å². The van der Waals surface area contributed by atoms with Crippen molar-refractivity contribution in [2.24, 2.45) is 0 Å². The van der Waals surface area contributed by atoms with Gasteiger partial charge >= 0.3 is 5.97 Å². The fraction of sp³-hybridized carbons (Fsp3) is 0.417. The van der Waals surface area contributed by atoms with Crippen molar-refractivity contribution in [3.8, 4) is 0 Å². The van der Waals surface area contributed by atoms with E-state index in [0.717, 1.165) is 12.0 Å². The number of benzene rings is 1. The number of rotatable bonds is 6. The summed E-state index contributed by atoms with van der Waals surface area (Å²) in [5.74, 6) is -0.982. The van der Waals surface area contributed by atoms with E-state index in [9.17, 15) is 4.79 Å². The molecule has 17 heavy (non-hydrogen) atoms. The first kappa shape index (κ1) is 14.3. The predicted molar refractivity (Wildman–Crippen MR) is 67.8 cm³/mol. The van der Waals surface area contributed by atoms with Crippen molar-refractivity contribution in [3.63, 3.8) is 0 Å². The zero-order chi connectivity index (χ0) is 12.8. The van der Waals surface area contributed by atoms with E-state index in [4.69, 9.17) is 33.0 Å². The highest BCUT2D eigenvalue weighted by atomic mass is 35.5. The highest BCUT2D eigenvalue weighted by Gasteiger charge is 2.19. The standard InChI is InChI=1S/C12H14Cl2O3/c1-2-5-17-11(12(15)16)6-8-3-4-9(13)7-10(8)14/h3-4,7,11H,2,5-6H2,1H3,(H,15,16)/t11-/m0/s1. The normalized spacial score (nSPS) is 12.4. The van der Waals surface area contributed by atoms with E-state index < -0.39 is 12.1 Å². The van der Waals surface area contributed by atoms with Crippen molar-refractivity contribution in [3.05, 3.63) is 33.8 Å². The van der Waals surface area contributed by atoms with E-state index in [1.54, 1.807) is 18.2 Å². The minimum Gasteiger partial charge on any atom is -0.479 e. The topological polar surface area (TPSA) is 46.5 Å². The van der Waals surface area contributed by atoms with Gasteiger partial charge in [-0.25, -0.2) is 4.79 Å². The summed E-state index contributed by atoms with van der Waals surface area (Å²) in [6.07, 6.45) is 0.150. The van der Waals surface area contributed by atoms with Crippen LogP contribution in [0.15, 0.2) is 18.2 Å². The van der Waals surface area contributed by atoms with Crippen LogP contribution in [0.2, 0.25) is 10.0 Å². The van der Waals surface area contributed by atoms with Gasteiger partial charge in [-0.2, -0.15) is 0 Å². The molecule has 0 aromatic heterocycles. The Bertz CT molecular complexity index is 393. The zero-order valence-electron chi connectivity index (χ0n) is 9.45. The molecule has 5 heteroatoms. The van der Waals surface area contributed by atoms with Gasteiger partial charge in [-0.1, -0.05) is 36.2 Å². The molecule has 0 aliphatic heterocycles. The summed E-state index contributed by atoms with van der Waals surface area (Å²) in [4.78, 5) is 11.0. The van der Waals surface area contributed by atoms with Crippen molar-refractivity contribution >= 4 is 29.2 Å². The summed E-state index contributed by atoms with van der Waals surface area (Å²) in [5, 5.41) is 10.0. The zero-order valence-corrected chi connectivity index (χ0v) is 11.0. The van der Waals surface area contributed by atoms with Gasteiger partial charge in [0.2, 0.25) is 0 Å². The molecule has 0 spiro atoms. The summed E-state index contributed by atoms with van der Waals surface area (Å²) in [6, 6.07) is 4.99. The summed E-state index contributed by atoms with van der Waals surface area (Å²) in [5.41, 5.74) is 0.722. The lowest BCUT2D eigenvalue weighted by Crippen LogP contribution is -2.26. The second kappa shape index (κ2) is 6.84. The third kappa shape index (κ3) is 4.54. The van der Waals surface area contributed by atoms with Crippen LogP contribution in [-0.2, 0) is 16.0 Å². The van der Waals surface area contributed by atoms with E-state index in [2.05, 4.69) is 0 Å². The van der Waals surface area contributed by atoms with Gasteiger partial charge in [0, 0.05) is 23.1 Å². The van der Waals surface area contributed by atoms with Gasteiger partial charge in [-0.3, -0.25) is 0 Å². The van der Waals surface area contributed by atoms with Gasteiger partial charge in [0.1, 0.15) is 0 Å². The van der Waals surface area contributed by atoms with E-state index >= 15 is 0 Å². The Labute approximate surface area is 110 Å². The Balaban J connectivity index is 2.75. The van der Waals surface area contributed by atoms with E-state index in [0.29, 0.717) is 16.7 Å². The largest absolute Gasteiger partial charge is 0.479 e. The molecule has 3 nitrogen and oxygen atoms in total. The van der Waals surface area contributed by atoms with Crippen LogP contribution < -0.4 is 0 Å². The van der Waals surface area contributed by atoms with Crippen molar-refractivity contribution < 1.29 is 14.6 Å². The van der Waals surface area contributed by atoms with Crippen LogP contribution in [0.25, 0.3) is 0 Å². The molecule has 1 aromatic carbocycles. The number of aliphatic carboxylic acids is 1. The Morgan fingerprint density at radius 3 is 2.71 bits per heavy atom. The second-order valence-corrected chi connectivity index (χ2v) is 4.48. The fourth-order valence-electron chi connectivity index (χ4n) is 1.36. The van der Waals surface area contributed by atoms with Crippen molar-refractivity contribution in [2.45, 2.75) is 25.9 Å². The Kier molecular flexibility index (Phi) is 5.75. The third-order valence-electron chi connectivity index (χ3n) is 2.22. The summed E-state index contributed by atoms with van der Waals surface area (Å²) >= 11 is 11.7. The Morgan fingerprint density at radius 1 is 1.47 bits per heavy atom. The molecular formula is C12H14Cl2O3. The lowest BCUT2D eigenvalue weighted by Gasteiger charge is -2.14. The monoisotopic (exact) mass is 276 g/mol. The van der Waals surface area contributed by atoms with Gasteiger partial charge in [0.05, 0.1) is 0 Å². The first-order valence-corrected chi connectivity index (χ1v) is 6.08. The fourth-order valence-corrected chi connectivity index (χ4v) is 1.85. The summed E-state index contributed by atoms with van der Waals surface area (Å²) < 4.78 is 5.25. The molecule has 0 amide bonds. The molecule has 0 radical (unpaired) electrons. The highest BCUT2D eigenvalue weighted by molar-refractivity contribution is 6.35. The highest BCUT2D eigenvalue weighted by Crippen LogP contribution is 2.22. The molecule has 0 saturated carbocycles. The molecule has 0 bridgehead atoms. The molecule has 1 N–H and O–H groups in total. The number of ether oxygens (including phenoxy) is 1. The minimum absolute atomic E-state index is 0.241. The maximum Gasteiger partial charge on any atom is 0.333 e. The van der Waals surface area contributed by atoms with E-state index in [1.807, 2.05) is 6.92 Å². The molecular weight excluding hydrogens is 263 g/mol. The first-order valence-electron chi connectivity index (χ1n) is 5.33. The molecule has 0 unspecified atom stereocenters. The molecule has 0 aliphatic carbocycles. The lowest BCUT2D eigenvalue weighted by molar-refractivity contribution is -0.150. The van der Waals surface area contributed by atoms with Crippen LogP contribution in [0.3, 0.4) is 0 Å². The minimum atomic E-state index is -0.982. The summed E-state index contributed by atoms with van der Waals surface area (Å²) in [7, 11) is 0. The van der Waals surface area contributed by atoms with E-state index in [-0.39, 0.29) is 6.42 Å². The van der Waals surface area contributed by atoms with Gasteiger partial charge in [0.25, 0.3) is 0 Å². The number of carbonyl (C=O) groups is 1. The average Bonchev–Trinajstić information content (AvgIpc) is 2.26. The molecule has 0 heterocycles.